The number of fused-ring (bicyclic) bond motifs is 5. The van der Waals surface area contributed by atoms with Crippen molar-refractivity contribution in [3.05, 3.63) is 174 Å². The van der Waals surface area contributed by atoms with E-state index in [0.717, 1.165) is 23.7 Å². The maximum atomic E-state index is 2.57. The van der Waals surface area contributed by atoms with Crippen molar-refractivity contribution in [3.63, 3.8) is 0 Å². The van der Waals surface area contributed by atoms with Crippen LogP contribution < -0.4 is 4.90 Å². The average molecular weight is 766 g/mol. The molecule has 0 aromatic heterocycles. The predicted molar refractivity (Wildman–Crippen MR) is 248 cm³/mol. The van der Waals surface area contributed by atoms with E-state index in [1.165, 1.54) is 117 Å². The minimum absolute atomic E-state index is 0.123. The Morgan fingerprint density at radius 1 is 0.441 bits per heavy atom. The number of benzene rings is 7. The minimum Gasteiger partial charge on any atom is -0.310 e. The van der Waals surface area contributed by atoms with Crippen LogP contribution >= 0.6 is 0 Å². The van der Waals surface area contributed by atoms with Crippen molar-refractivity contribution >= 4 is 27.8 Å². The lowest BCUT2D eigenvalue weighted by atomic mass is 9.43. The third-order valence-electron chi connectivity index (χ3n) is 16.3. The smallest absolute Gasteiger partial charge is 0.0543 e. The fourth-order valence-electron chi connectivity index (χ4n) is 13.6. The Kier molecular flexibility index (Phi) is 7.71. The summed E-state index contributed by atoms with van der Waals surface area (Å²) in [6, 6.07) is 58.5. The Balaban J connectivity index is 1.01. The molecule has 59 heavy (non-hydrogen) atoms. The maximum Gasteiger partial charge on any atom is 0.0543 e. The summed E-state index contributed by atoms with van der Waals surface area (Å²) in [5.74, 6) is 3.31. The highest BCUT2D eigenvalue weighted by Gasteiger charge is 2.61. The van der Waals surface area contributed by atoms with Crippen molar-refractivity contribution in [1.29, 1.82) is 0 Å². The van der Waals surface area contributed by atoms with Gasteiger partial charge in [0.25, 0.3) is 0 Å². The topological polar surface area (TPSA) is 3.24 Å². The van der Waals surface area contributed by atoms with E-state index in [1.807, 2.05) is 0 Å². The van der Waals surface area contributed by atoms with Crippen LogP contribution in [0.15, 0.2) is 152 Å². The first-order valence-corrected chi connectivity index (χ1v) is 22.6. The van der Waals surface area contributed by atoms with Gasteiger partial charge in [-0.3, -0.25) is 0 Å². The zero-order valence-corrected chi connectivity index (χ0v) is 35.1. The SMILES string of the molecule is CC1(C)CCC(C)(C)c2cc(-c3ccc(N(c4ccc(-c5cccc6ccccc56)cc4)c4cccc5c4-c4ccccc4C54C5CC6CC(C5)CC4C6)cc3)ccc21. The second kappa shape index (κ2) is 12.8. The lowest BCUT2D eigenvalue weighted by molar-refractivity contribution is -0.0399. The van der Waals surface area contributed by atoms with E-state index in [9.17, 15) is 0 Å². The fraction of sp³-hybridized carbons (Fsp3) is 0.310. The fourth-order valence-corrected chi connectivity index (χ4v) is 13.6. The highest BCUT2D eigenvalue weighted by molar-refractivity contribution is 5.98. The molecular weight excluding hydrogens is 711 g/mol. The van der Waals surface area contributed by atoms with Gasteiger partial charge >= 0.3 is 0 Å². The molecule has 0 N–H and O–H groups in total. The second-order valence-electron chi connectivity index (χ2n) is 20.4. The van der Waals surface area contributed by atoms with Gasteiger partial charge in [-0.1, -0.05) is 149 Å². The van der Waals surface area contributed by atoms with Crippen molar-refractivity contribution < 1.29 is 0 Å². The lowest BCUT2D eigenvalue weighted by Gasteiger charge is -2.61. The Bertz CT molecular complexity index is 2750. The van der Waals surface area contributed by atoms with Gasteiger partial charge in [-0.25, -0.2) is 0 Å². The van der Waals surface area contributed by atoms with E-state index in [-0.39, 0.29) is 16.2 Å². The van der Waals surface area contributed by atoms with Crippen LogP contribution in [0.25, 0.3) is 44.2 Å². The molecule has 1 spiro atoms. The summed E-state index contributed by atoms with van der Waals surface area (Å²) < 4.78 is 0. The molecule has 4 bridgehead atoms. The van der Waals surface area contributed by atoms with Gasteiger partial charge in [0, 0.05) is 22.4 Å². The molecule has 0 unspecified atom stereocenters. The Hall–Kier alpha value is -5.40. The van der Waals surface area contributed by atoms with Crippen LogP contribution in [0.4, 0.5) is 17.1 Å². The largest absolute Gasteiger partial charge is 0.310 e. The molecule has 0 aliphatic heterocycles. The molecule has 0 heterocycles. The molecule has 292 valence electrons. The van der Waals surface area contributed by atoms with Gasteiger partial charge in [-0.15, -0.1) is 0 Å². The molecule has 7 aromatic rings. The third-order valence-corrected chi connectivity index (χ3v) is 16.3. The first-order valence-electron chi connectivity index (χ1n) is 22.6. The first-order chi connectivity index (χ1) is 28.7. The van der Waals surface area contributed by atoms with E-state index < -0.39 is 0 Å². The molecule has 4 saturated carbocycles. The highest BCUT2D eigenvalue weighted by Crippen LogP contribution is 2.70. The monoisotopic (exact) mass is 765 g/mol. The molecular formula is C58H55N. The summed E-state index contributed by atoms with van der Waals surface area (Å²) in [5, 5.41) is 2.57. The Morgan fingerprint density at radius 2 is 1.00 bits per heavy atom. The lowest BCUT2D eigenvalue weighted by Crippen LogP contribution is -2.55. The van der Waals surface area contributed by atoms with Crippen molar-refractivity contribution in [1.82, 2.24) is 0 Å². The van der Waals surface area contributed by atoms with E-state index in [2.05, 4.69) is 184 Å². The van der Waals surface area contributed by atoms with Gasteiger partial charge in [0.05, 0.1) is 5.69 Å². The molecule has 0 atom stereocenters. The second-order valence-corrected chi connectivity index (χ2v) is 20.4. The van der Waals surface area contributed by atoms with Crippen LogP contribution in [-0.4, -0.2) is 0 Å². The summed E-state index contributed by atoms with van der Waals surface area (Å²) in [5.41, 5.74) is 18.4. The van der Waals surface area contributed by atoms with Crippen molar-refractivity contribution in [2.75, 3.05) is 4.90 Å². The first kappa shape index (κ1) is 35.5. The maximum absolute atomic E-state index is 2.57. The predicted octanol–water partition coefficient (Wildman–Crippen LogP) is 15.7. The number of rotatable bonds is 5. The zero-order valence-electron chi connectivity index (χ0n) is 35.1. The average Bonchev–Trinajstić information content (AvgIpc) is 3.56. The normalized spacial score (nSPS) is 25.2. The van der Waals surface area contributed by atoms with Gasteiger partial charge in [0.2, 0.25) is 0 Å². The highest BCUT2D eigenvalue weighted by atomic mass is 15.1. The third kappa shape index (κ3) is 5.22. The van der Waals surface area contributed by atoms with Crippen LogP contribution in [0.2, 0.25) is 0 Å². The quantitative estimate of drug-likeness (QED) is 0.169. The number of hydrogen-bond donors (Lipinski definition) is 0. The van der Waals surface area contributed by atoms with Crippen LogP contribution in [-0.2, 0) is 16.2 Å². The summed E-state index contributed by atoms with van der Waals surface area (Å²) in [6.07, 6.45) is 9.49. The van der Waals surface area contributed by atoms with E-state index in [1.54, 1.807) is 11.1 Å². The Morgan fingerprint density at radius 3 is 1.73 bits per heavy atom. The molecule has 4 fully saturated rings. The van der Waals surface area contributed by atoms with E-state index >= 15 is 0 Å². The molecule has 7 aromatic carbocycles. The molecule has 6 aliphatic carbocycles. The minimum atomic E-state index is 0.123. The standard InChI is InChI=1S/C58H55N/c1-56(2)29-30-57(3,4)53-36-42(23-28-51(53)56)39-19-24-45(25-20-39)59(46-26-21-41(22-27-46)48-15-9-12-40-11-5-6-13-47(40)48)54-18-10-17-52-55(54)49-14-7-8-16-50(49)58(52)43-32-37-31-38(34-43)35-44(58)33-37/h5-28,36-38,43-44H,29-35H2,1-4H3. The molecule has 0 amide bonds. The van der Waals surface area contributed by atoms with Crippen molar-refractivity contribution in [2.24, 2.45) is 23.7 Å². The zero-order chi connectivity index (χ0) is 39.7. The van der Waals surface area contributed by atoms with Crippen LogP contribution in [0, 0.1) is 23.7 Å². The van der Waals surface area contributed by atoms with Crippen LogP contribution in [0.5, 0.6) is 0 Å². The van der Waals surface area contributed by atoms with Gasteiger partial charge < -0.3 is 4.90 Å². The number of hydrogen-bond acceptors (Lipinski definition) is 1. The van der Waals surface area contributed by atoms with E-state index in [4.69, 9.17) is 0 Å². The van der Waals surface area contributed by atoms with E-state index in [0.29, 0.717) is 0 Å². The number of anilines is 3. The van der Waals surface area contributed by atoms with Gasteiger partial charge in [0.1, 0.15) is 0 Å². The molecule has 0 saturated heterocycles. The van der Waals surface area contributed by atoms with Gasteiger partial charge in [-0.05, 0) is 171 Å². The van der Waals surface area contributed by atoms with Crippen molar-refractivity contribution in [3.8, 4) is 33.4 Å². The summed E-state index contributed by atoms with van der Waals surface area (Å²) in [4.78, 5) is 2.57. The van der Waals surface area contributed by atoms with Gasteiger partial charge in [-0.2, -0.15) is 0 Å². The number of nitrogens with zero attached hydrogens (tertiary/aromatic N) is 1. The molecule has 0 radical (unpaired) electrons. The molecule has 6 aliphatic rings. The molecule has 1 heteroatoms. The summed E-state index contributed by atoms with van der Waals surface area (Å²) >= 11 is 0. The molecule has 13 rings (SSSR count). The van der Waals surface area contributed by atoms with Gasteiger partial charge in [0.15, 0.2) is 0 Å². The van der Waals surface area contributed by atoms with Crippen LogP contribution in [0.3, 0.4) is 0 Å². The van der Waals surface area contributed by atoms with Crippen molar-refractivity contribution in [2.45, 2.75) is 88.9 Å². The summed E-state index contributed by atoms with van der Waals surface area (Å²) in [7, 11) is 0. The van der Waals surface area contributed by atoms with Crippen LogP contribution in [0.1, 0.15) is 94.9 Å². The summed E-state index contributed by atoms with van der Waals surface area (Å²) in [6.45, 7) is 9.70. The molecule has 1 nitrogen and oxygen atoms in total. The Labute approximate surface area is 351 Å².